The molecule has 0 aromatic heterocycles. The molecule has 0 radical (unpaired) electrons. The molecule has 0 unspecified atom stereocenters. The van der Waals surface area contributed by atoms with Gasteiger partial charge in [0.15, 0.2) is 0 Å². The first-order valence-electron chi connectivity index (χ1n) is 6.85. The molecule has 1 fully saturated rings. The van der Waals surface area contributed by atoms with Gasteiger partial charge in [-0.1, -0.05) is 17.7 Å². The molecule has 1 heterocycles. The predicted octanol–water partition coefficient (Wildman–Crippen LogP) is 3.02. The van der Waals surface area contributed by atoms with Gasteiger partial charge >= 0.3 is 0 Å². The summed E-state index contributed by atoms with van der Waals surface area (Å²) in [5.74, 6) is 0.0196. The summed E-state index contributed by atoms with van der Waals surface area (Å²) in [6.45, 7) is 4.08. The standard InChI is InChI=1S/C15H21ClN2O2.ClH/c1-11-3-4-12(16)9-13(11)18-14(19)15(10-20-2)5-7-17-8-6-15;/h3-4,9,17H,5-8,10H2,1-2H3,(H,18,19);1H. The first-order valence-corrected chi connectivity index (χ1v) is 7.22. The average Bonchev–Trinajstić information content (AvgIpc) is 2.44. The van der Waals surface area contributed by atoms with Crippen LogP contribution in [0.4, 0.5) is 5.69 Å². The van der Waals surface area contributed by atoms with Gasteiger partial charge in [0.25, 0.3) is 0 Å². The lowest BCUT2D eigenvalue weighted by Crippen LogP contribution is -2.47. The Balaban J connectivity index is 0.00000220. The highest BCUT2D eigenvalue weighted by atomic mass is 35.5. The highest BCUT2D eigenvalue weighted by molar-refractivity contribution is 6.31. The third kappa shape index (κ3) is 4.33. The summed E-state index contributed by atoms with van der Waals surface area (Å²) in [4.78, 5) is 12.7. The van der Waals surface area contributed by atoms with Crippen LogP contribution in [-0.2, 0) is 9.53 Å². The second-order valence-electron chi connectivity index (χ2n) is 5.38. The Bertz CT molecular complexity index is 483. The van der Waals surface area contributed by atoms with Crippen molar-refractivity contribution < 1.29 is 9.53 Å². The fourth-order valence-electron chi connectivity index (χ4n) is 2.60. The maximum absolute atomic E-state index is 12.7. The molecule has 2 rings (SSSR count). The van der Waals surface area contributed by atoms with E-state index in [1.165, 1.54) is 0 Å². The minimum absolute atomic E-state index is 0. The SMILES string of the molecule is COCC1(C(=O)Nc2cc(Cl)ccc2C)CCNCC1.Cl. The Kier molecular flexibility index (Phi) is 6.94. The summed E-state index contributed by atoms with van der Waals surface area (Å²) in [6.07, 6.45) is 1.57. The highest BCUT2D eigenvalue weighted by Crippen LogP contribution is 2.31. The van der Waals surface area contributed by atoms with Crippen LogP contribution in [-0.4, -0.2) is 32.7 Å². The van der Waals surface area contributed by atoms with E-state index in [9.17, 15) is 4.79 Å². The number of carbonyl (C=O) groups excluding carboxylic acids is 1. The minimum Gasteiger partial charge on any atom is -0.384 e. The number of halogens is 2. The number of hydrogen-bond donors (Lipinski definition) is 2. The Morgan fingerprint density at radius 3 is 2.71 bits per heavy atom. The topological polar surface area (TPSA) is 50.4 Å². The molecule has 2 N–H and O–H groups in total. The summed E-state index contributed by atoms with van der Waals surface area (Å²) in [5, 5.41) is 6.92. The van der Waals surface area contributed by atoms with E-state index in [1.807, 2.05) is 19.1 Å². The van der Waals surface area contributed by atoms with Gasteiger partial charge < -0.3 is 15.4 Å². The average molecular weight is 333 g/mol. The second-order valence-corrected chi connectivity index (χ2v) is 5.81. The van der Waals surface area contributed by atoms with Crippen molar-refractivity contribution in [2.24, 2.45) is 5.41 Å². The van der Waals surface area contributed by atoms with Crippen LogP contribution in [0.3, 0.4) is 0 Å². The molecule has 4 nitrogen and oxygen atoms in total. The lowest BCUT2D eigenvalue weighted by atomic mass is 9.78. The number of anilines is 1. The Morgan fingerprint density at radius 1 is 1.43 bits per heavy atom. The summed E-state index contributed by atoms with van der Waals surface area (Å²) in [6, 6.07) is 5.52. The summed E-state index contributed by atoms with van der Waals surface area (Å²) < 4.78 is 5.28. The number of methoxy groups -OCH3 is 1. The van der Waals surface area contributed by atoms with Crippen molar-refractivity contribution in [1.29, 1.82) is 0 Å². The van der Waals surface area contributed by atoms with E-state index in [4.69, 9.17) is 16.3 Å². The first kappa shape index (κ1) is 18.2. The van der Waals surface area contributed by atoms with Gasteiger partial charge in [0, 0.05) is 17.8 Å². The van der Waals surface area contributed by atoms with Crippen molar-refractivity contribution in [3.05, 3.63) is 28.8 Å². The maximum atomic E-state index is 12.7. The van der Waals surface area contributed by atoms with Crippen molar-refractivity contribution in [3.63, 3.8) is 0 Å². The lowest BCUT2D eigenvalue weighted by molar-refractivity contribution is -0.130. The van der Waals surface area contributed by atoms with Crippen LogP contribution in [0.5, 0.6) is 0 Å². The molecule has 1 aromatic carbocycles. The zero-order valence-electron chi connectivity index (χ0n) is 12.4. The van der Waals surface area contributed by atoms with Crippen molar-refractivity contribution in [2.45, 2.75) is 19.8 Å². The van der Waals surface area contributed by atoms with Crippen molar-refractivity contribution >= 4 is 35.6 Å². The van der Waals surface area contributed by atoms with Gasteiger partial charge in [-0.2, -0.15) is 0 Å². The van der Waals surface area contributed by atoms with Crippen LogP contribution < -0.4 is 10.6 Å². The van der Waals surface area contributed by atoms with E-state index >= 15 is 0 Å². The zero-order valence-corrected chi connectivity index (χ0v) is 13.9. The van der Waals surface area contributed by atoms with Crippen LogP contribution in [0.1, 0.15) is 18.4 Å². The number of piperidine rings is 1. The molecule has 0 saturated carbocycles. The summed E-state index contributed by atoms with van der Waals surface area (Å²) >= 11 is 6.00. The van der Waals surface area contributed by atoms with Gasteiger partial charge in [-0.05, 0) is 50.6 Å². The lowest BCUT2D eigenvalue weighted by Gasteiger charge is -2.35. The number of benzene rings is 1. The van der Waals surface area contributed by atoms with Crippen molar-refractivity contribution in [1.82, 2.24) is 5.32 Å². The smallest absolute Gasteiger partial charge is 0.233 e. The highest BCUT2D eigenvalue weighted by Gasteiger charge is 2.39. The van der Waals surface area contributed by atoms with Crippen molar-refractivity contribution in [3.8, 4) is 0 Å². The minimum atomic E-state index is -0.450. The summed E-state index contributed by atoms with van der Waals surface area (Å²) in [5.41, 5.74) is 1.33. The molecular formula is C15H22Cl2N2O2. The fraction of sp³-hybridized carbons (Fsp3) is 0.533. The molecular weight excluding hydrogens is 311 g/mol. The van der Waals surface area contributed by atoms with Gasteiger partial charge in [-0.3, -0.25) is 4.79 Å². The molecule has 0 spiro atoms. The van der Waals surface area contributed by atoms with Crippen molar-refractivity contribution in [2.75, 3.05) is 32.1 Å². The van der Waals surface area contributed by atoms with Gasteiger partial charge in [0.1, 0.15) is 0 Å². The van der Waals surface area contributed by atoms with Gasteiger partial charge in [-0.25, -0.2) is 0 Å². The van der Waals surface area contributed by atoms with E-state index in [1.54, 1.807) is 13.2 Å². The summed E-state index contributed by atoms with van der Waals surface area (Å²) in [7, 11) is 1.64. The molecule has 0 aliphatic carbocycles. The van der Waals surface area contributed by atoms with E-state index in [2.05, 4.69) is 10.6 Å². The van der Waals surface area contributed by atoms with Crippen LogP contribution in [0.25, 0.3) is 0 Å². The first-order chi connectivity index (χ1) is 9.57. The maximum Gasteiger partial charge on any atom is 0.233 e. The monoisotopic (exact) mass is 332 g/mol. The fourth-order valence-corrected chi connectivity index (χ4v) is 2.77. The second kappa shape index (κ2) is 7.99. The molecule has 1 aliphatic heterocycles. The molecule has 6 heteroatoms. The zero-order chi connectivity index (χ0) is 14.6. The number of amides is 1. The quantitative estimate of drug-likeness (QED) is 0.891. The number of ether oxygens (including phenoxy) is 1. The molecule has 1 amide bonds. The van der Waals surface area contributed by atoms with Crippen LogP contribution >= 0.6 is 24.0 Å². The number of rotatable bonds is 4. The van der Waals surface area contributed by atoms with Crippen LogP contribution in [0.2, 0.25) is 5.02 Å². The molecule has 118 valence electrons. The molecule has 1 aromatic rings. The molecule has 1 saturated heterocycles. The van der Waals surface area contributed by atoms with E-state index < -0.39 is 5.41 Å². The molecule has 21 heavy (non-hydrogen) atoms. The number of aryl methyl sites for hydroxylation is 1. The number of nitrogens with one attached hydrogen (secondary N) is 2. The van der Waals surface area contributed by atoms with E-state index in [0.717, 1.165) is 37.2 Å². The molecule has 0 atom stereocenters. The molecule has 0 bridgehead atoms. The Labute approximate surface area is 137 Å². The van der Waals surface area contributed by atoms with Gasteiger partial charge in [-0.15, -0.1) is 12.4 Å². The number of hydrogen-bond acceptors (Lipinski definition) is 3. The van der Waals surface area contributed by atoms with Crippen LogP contribution in [0.15, 0.2) is 18.2 Å². The largest absolute Gasteiger partial charge is 0.384 e. The Morgan fingerprint density at radius 2 is 2.10 bits per heavy atom. The predicted molar refractivity (Wildman–Crippen MR) is 88.5 cm³/mol. The third-order valence-corrected chi connectivity index (χ3v) is 4.15. The Hall–Kier alpha value is -0.810. The molecule has 1 aliphatic rings. The van der Waals surface area contributed by atoms with Crippen LogP contribution in [0, 0.1) is 12.3 Å². The van der Waals surface area contributed by atoms with Gasteiger partial charge in [0.05, 0.1) is 12.0 Å². The normalized spacial score (nSPS) is 16.9. The number of carbonyl (C=O) groups is 1. The van der Waals surface area contributed by atoms with E-state index in [0.29, 0.717) is 11.6 Å². The van der Waals surface area contributed by atoms with E-state index in [-0.39, 0.29) is 18.3 Å². The third-order valence-electron chi connectivity index (χ3n) is 3.91. The van der Waals surface area contributed by atoms with Gasteiger partial charge in [0.2, 0.25) is 5.91 Å².